The maximum atomic E-state index is 5.92. The molecule has 1 N–H and O–H groups in total. The van der Waals surface area contributed by atoms with E-state index in [1.807, 2.05) is 0 Å². The molecule has 1 saturated carbocycles. The summed E-state index contributed by atoms with van der Waals surface area (Å²) in [5.41, 5.74) is 0.399. The van der Waals surface area contributed by atoms with Crippen LogP contribution in [0.25, 0.3) is 0 Å². The normalized spacial score (nSPS) is 25.3. The molecule has 0 aromatic carbocycles. The molecule has 0 unspecified atom stereocenters. The predicted octanol–water partition coefficient (Wildman–Crippen LogP) is 3.01. The molecule has 2 fully saturated rings. The fraction of sp³-hybridized carbons (Fsp3) is 0.714. The summed E-state index contributed by atoms with van der Waals surface area (Å²) in [5.74, 6) is 3.17. The molecular weight excluding hydrogens is 198 g/mol. The third kappa shape index (κ3) is 1.51. The topological polar surface area (TPSA) is 25.2 Å². The minimum absolute atomic E-state index is 0.399. The van der Waals surface area contributed by atoms with E-state index in [1.54, 1.807) is 0 Å². The van der Waals surface area contributed by atoms with E-state index in [9.17, 15) is 0 Å². The molecular formula is C14H21NO. The summed E-state index contributed by atoms with van der Waals surface area (Å²) in [5, 5.41) is 3.46. The van der Waals surface area contributed by atoms with Gasteiger partial charge in [-0.3, -0.25) is 0 Å². The van der Waals surface area contributed by atoms with Crippen LogP contribution in [0.2, 0.25) is 0 Å². The maximum Gasteiger partial charge on any atom is 0.110 e. The number of hydrogen-bond acceptors (Lipinski definition) is 2. The number of hydrogen-bond donors (Lipinski definition) is 1. The van der Waals surface area contributed by atoms with Crippen molar-refractivity contribution < 1.29 is 4.42 Å². The van der Waals surface area contributed by atoms with E-state index in [0.29, 0.717) is 5.41 Å². The Morgan fingerprint density at radius 2 is 2.00 bits per heavy atom. The van der Waals surface area contributed by atoms with Gasteiger partial charge in [-0.25, -0.2) is 0 Å². The molecule has 0 radical (unpaired) electrons. The van der Waals surface area contributed by atoms with Crippen LogP contribution in [0.4, 0.5) is 0 Å². The number of furan rings is 1. The highest BCUT2D eigenvalue weighted by atomic mass is 16.3. The number of nitrogens with one attached hydrogen (secondary N) is 1. The van der Waals surface area contributed by atoms with Gasteiger partial charge < -0.3 is 9.73 Å². The summed E-state index contributed by atoms with van der Waals surface area (Å²) in [6.07, 6.45) is 6.69. The van der Waals surface area contributed by atoms with Crippen molar-refractivity contribution in [3.05, 3.63) is 23.7 Å². The van der Waals surface area contributed by atoms with Crippen molar-refractivity contribution in [1.29, 1.82) is 0 Å². The van der Waals surface area contributed by atoms with E-state index in [2.05, 4.69) is 24.4 Å². The highest BCUT2D eigenvalue weighted by Crippen LogP contribution is 2.52. The molecule has 2 heteroatoms. The lowest BCUT2D eigenvalue weighted by Gasteiger charge is -2.48. The Bertz CT molecular complexity index is 359. The molecule has 1 aromatic rings. The number of piperidine rings is 1. The van der Waals surface area contributed by atoms with E-state index < -0.39 is 0 Å². The smallest absolute Gasteiger partial charge is 0.110 e. The molecule has 0 amide bonds. The Morgan fingerprint density at radius 1 is 1.25 bits per heavy atom. The van der Waals surface area contributed by atoms with Crippen molar-refractivity contribution >= 4 is 0 Å². The van der Waals surface area contributed by atoms with Gasteiger partial charge >= 0.3 is 0 Å². The molecule has 2 nitrogen and oxygen atoms in total. The molecule has 1 aliphatic heterocycles. The second kappa shape index (κ2) is 3.92. The average molecular weight is 219 g/mol. The lowest BCUT2D eigenvalue weighted by atomic mass is 9.57. The first-order valence-electron chi connectivity index (χ1n) is 6.59. The predicted molar refractivity (Wildman–Crippen MR) is 64.6 cm³/mol. The second-order valence-corrected chi connectivity index (χ2v) is 5.44. The molecule has 1 aromatic heterocycles. The SMILES string of the molecule is Cc1ccc(C2(C3CCNCC3)CCC2)o1. The minimum atomic E-state index is 0.399. The second-order valence-electron chi connectivity index (χ2n) is 5.44. The average Bonchev–Trinajstić information content (AvgIpc) is 2.65. The van der Waals surface area contributed by atoms with Gasteiger partial charge in [0.05, 0.1) is 0 Å². The maximum absolute atomic E-state index is 5.92. The summed E-state index contributed by atoms with van der Waals surface area (Å²) in [6.45, 7) is 4.43. The van der Waals surface area contributed by atoms with Crippen molar-refractivity contribution in [3.8, 4) is 0 Å². The monoisotopic (exact) mass is 219 g/mol. The van der Waals surface area contributed by atoms with E-state index in [4.69, 9.17) is 4.42 Å². The van der Waals surface area contributed by atoms with Crippen LogP contribution in [0, 0.1) is 12.8 Å². The van der Waals surface area contributed by atoms with Gasteiger partial charge in [0.15, 0.2) is 0 Å². The van der Waals surface area contributed by atoms with Crippen LogP contribution in [-0.2, 0) is 5.41 Å². The molecule has 1 aliphatic carbocycles. The first-order chi connectivity index (χ1) is 7.81. The first kappa shape index (κ1) is 10.4. The van der Waals surface area contributed by atoms with Crippen LogP contribution in [0.5, 0.6) is 0 Å². The van der Waals surface area contributed by atoms with Crippen LogP contribution in [-0.4, -0.2) is 13.1 Å². The zero-order chi connectivity index (χ0) is 11.0. The number of aryl methyl sites for hydroxylation is 1. The minimum Gasteiger partial charge on any atom is -0.466 e. The zero-order valence-electron chi connectivity index (χ0n) is 10.1. The third-order valence-corrected chi connectivity index (χ3v) is 4.60. The summed E-state index contributed by atoms with van der Waals surface area (Å²) in [7, 11) is 0. The standard InChI is InChI=1S/C14H21NO/c1-11-3-4-13(16-11)14(7-2-8-14)12-5-9-15-10-6-12/h3-4,12,15H,2,5-10H2,1H3. The van der Waals surface area contributed by atoms with Crippen LogP contribution in [0.1, 0.15) is 43.6 Å². The van der Waals surface area contributed by atoms with Gasteiger partial charge in [-0.15, -0.1) is 0 Å². The van der Waals surface area contributed by atoms with Crippen molar-refractivity contribution in [2.45, 2.75) is 44.4 Å². The third-order valence-electron chi connectivity index (χ3n) is 4.60. The van der Waals surface area contributed by atoms with E-state index >= 15 is 0 Å². The molecule has 0 bridgehead atoms. The van der Waals surface area contributed by atoms with Crippen molar-refractivity contribution in [3.63, 3.8) is 0 Å². The highest BCUT2D eigenvalue weighted by Gasteiger charge is 2.47. The zero-order valence-corrected chi connectivity index (χ0v) is 10.1. The Labute approximate surface area is 97.4 Å². The van der Waals surface area contributed by atoms with E-state index in [-0.39, 0.29) is 0 Å². The van der Waals surface area contributed by atoms with Crippen LogP contribution >= 0.6 is 0 Å². The summed E-state index contributed by atoms with van der Waals surface area (Å²) < 4.78 is 5.92. The molecule has 0 spiro atoms. The molecule has 1 saturated heterocycles. The van der Waals surface area contributed by atoms with E-state index in [1.165, 1.54) is 51.0 Å². The Hall–Kier alpha value is -0.760. The van der Waals surface area contributed by atoms with Crippen molar-refractivity contribution in [1.82, 2.24) is 5.32 Å². The van der Waals surface area contributed by atoms with Gasteiger partial charge in [0.2, 0.25) is 0 Å². The van der Waals surface area contributed by atoms with Gasteiger partial charge in [0.25, 0.3) is 0 Å². The lowest BCUT2D eigenvalue weighted by molar-refractivity contribution is 0.0903. The summed E-state index contributed by atoms with van der Waals surface area (Å²) >= 11 is 0. The van der Waals surface area contributed by atoms with Crippen molar-refractivity contribution in [2.24, 2.45) is 5.92 Å². The summed E-state index contributed by atoms with van der Waals surface area (Å²) in [6, 6.07) is 4.34. The van der Waals surface area contributed by atoms with Gasteiger partial charge in [-0.05, 0) is 63.7 Å². The van der Waals surface area contributed by atoms with Gasteiger partial charge in [0.1, 0.15) is 11.5 Å². The molecule has 16 heavy (non-hydrogen) atoms. The molecule has 2 heterocycles. The van der Waals surface area contributed by atoms with Gasteiger partial charge in [-0.2, -0.15) is 0 Å². The van der Waals surface area contributed by atoms with E-state index in [0.717, 1.165) is 11.7 Å². The number of rotatable bonds is 2. The fourth-order valence-corrected chi connectivity index (χ4v) is 3.49. The lowest BCUT2D eigenvalue weighted by Crippen LogP contribution is -2.46. The summed E-state index contributed by atoms with van der Waals surface area (Å²) in [4.78, 5) is 0. The van der Waals surface area contributed by atoms with Crippen LogP contribution in [0.15, 0.2) is 16.5 Å². The largest absolute Gasteiger partial charge is 0.466 e. The Morgan fingerprint density at radius 3 is 2.50 bits per heavy atom. The van der Waals surface area contributed by atoms with Gasteiger partial charge in [0, 0.05) is 5.41 Å². The Balaban J connectivity index is 1.87. The highest BCUT2D eigenvalue weighted by molar-refractivity contribution is 5.22. The van der Waals surface area contributed by atoms with Crippen LogP contribution < -0.4 is 5.32 Å². The fourth-order valence-electron chi connectivity index (χ4n) is 3.49. The molecule has 0 atom stereocenters. The molecule has 2 aliphatic rings. The quantitative estimate of drug-likeness (QED) is 0.827. The van der Waals surface area contributed by atoms with Crippen LogP contribution in [0.3, 0.4) is 0 Å². The molecule has 88 valence electrons. The Kier molecular flexibility index (Phi) is 2.55. The van der Waals surface area contributed by atoms with Crippen molar-refractivity contribution in [2.75, 3.05) is 13.1 Å². The first-order valence-corrected chi connectivity index (χ1v) is 6.59. The molecule has 3 rings (SSSR count). The van der Waals surface area contributed by atoms with Gasteiger partial charge in [-0.1, -0.05) is 6.42 Å².